The Balaban J connectivity index is 2.89. The molecule has 0 fully saturated rings. The molecule has 3 N–H and O–H groups in total. The third kappa shape index (κ3) is 4.13. The number of hydrogen-bond donors (Lipinski definition) is 2. The Kier molecular flexibility index (Phi) is 5.63. The molecule has 5 heteroatoms. The lowest BCUT2D eigenvalue weighted by Crippen LogP contribution is -2.40. The van der Waals surface area contributed by atoms with E-state index in [1.54, 1.807) is 20.1 Å². The molecule has 1 atom stereocenters. The Morgan fingerprint density at radius 1 is 1.37 bits per heavy atom. The Morgan fingerprint density at radius 3 is 2.58 bits per heavy atom. The van der Waals surface area contributed by atoms with Crippen LogP contribution in [0.1, 0.15) is 26.3 Å². The number of benzene rings is 1. The quantitative estimate of drug-likeness (QED) is 0.817. The summed E-state index contributed by atoms with van der Waals surface area (Å²) in [4.78, 5) is 11.8. The minimum absolute atomic E-state index is 0.0743. The largest absolute Gasteiger partial charge is 0.493 e. The van der Waals surface area contributed by atoms with E-state index in [0.29, 0.717) is 18.0 Å². The van der Waals surface area contributed by atoms with Gasteiger partial charge in [0.25, 0.3) is 5.91 Å². The molecule has 1 amide bonds. The first kappa shape index (κ1) is 15.3. The molecule has 0 saturated heterocycles. The molecule has 1 unspecified atom stereocenters. The predicted octanol–water partition coefficient (Wildman–Crippen LogP) is 1.45. The second kappa shape index (κ2) is 6.99. The lowest BCUT2D eigenvalue weighted by Gasteiger charge is -2.20. The summed E-state index contributed by atoms with van der Waals surface area (Å²) in [5, 5.41) is 2.80. The monoisotopic (exact) mass is 266 g/mol. The molecule has 1 aromatic rings. The molecular weight excluding hydrogens is 244 g/mol. The second-order valence-corrected chi connectivity index (χ2v) is 4.58. The maximum atomic E-state index is 11.8. The molecule has 0 heterocycles. The van der Waals surface area contributed by atoms with Crippen LogP contribution in [-0.4, -0.2) is 25.2 Å². The average Bonchev–Trinajstić information content (AvgIpc) is 2.37. The van der Waals surface area contributed by atoms with Crippen molar-refractivity contribution < 1.29 is 14.3 Å². The van der Waals surface area contributed by atoms with Crippen molar-refractivity contribution in [2.75, 3.05) is 7.11 Å². The van der Waals surface area contributed by atoms with Crippen molar-refractivity contribution in [3.63, 3.8) is 0 Å². The maximum absolute atomic E-state index is 11.8. The minimum Gasteiger partial charge on any atom is -0.493 e. The summed E-state index contributed by atoms with van der Waals surface area (Å²) in [6.07, 6.45) is -0.607. The number of para-hydroxylation sites is 1. The van der Waals surface area contributed by atoms with E-state index < -0.39 is 6.10 Å². The summed E-state index contributed by atoms with van der Waals surface area (Å²) in [5.74, 6) is 0.940. The van der Waals surface area contributed by atoms with Crippen molar-refractivity contribution in [1.82, 2.24) is 5.32 Å². The molecule has 19 heavy (non-hydrogen) atoms. The standard InChI is InChI=1S/C14H22N2O3/c1-9(2)16-14(17)10(3)19-13-11(8-15)6-5-7-12(13)18-4/h5-7,9-10H,8,15H2,1-4H3,(H,16,17). The number of ether oxygens (including phenoxy) is 2. The second-order valence-electron chi connectivity index (χ2n) is 4.58. The van der Waals surface area contributed by atoms with Crippen molar-refractivity contribution in [3.8, 4) is 11.5 Å². The highest BCUT2D eigenvalue weighted by molar-refractivity contribution is 5.81. The van der Waals surface area contributed by atoms with Gasteiger partial charge in [0, 0.05) is 18.2 Å². The van der Waals surface area contributed by atoms with Crippen LogP contribution in [0.5, 0.6) is 11.5 Å². The molecule has 0 radical (unpaired) electrons. The molecule has 5 nitrogen and oxygen atoms in total. The summed E-state index contributed by atoms with van der Waals surface area (Å²) >= 11 is 0. The lowest BCUT2D eigenvalue weighted by molar-refractivity contribution is -0.127. The molecule has 0 aliphatic rings. The molecule has 0 aliphatic carbocycles. The van der Waals surface area contributed by atoms with Crippen molar-refractivity contribution in [3.05, 3.63) is 23.8 Å². The number of nitrogens with two attached hydrogens (primary N) is 1. The van der Waals surface area contributed by atoms with Gasteiger partial charge in [-0.3, -0.25) is 4.79 Å². The van der Waals surface area contributed by atoms with Crippen LogP contribution in [0, 0.1) is 0 Å². The van der Waals surface area contributed by atoms with Crippen LogP contribution < -0.4 is 20.5 Å². The van der Waals surface area contributed by atoms with Gasteiger partial charge in [-0.15, -0.1) is 0 Å². The molecule has 0 bridgehead atoms. The first-order valence-electron chi connectivity index (χ1n) is 6.32. The van der Waals surface area contributed by atoms with E-state index in [0.717, 1.165) is 5.56 Å². The summed E-state index contributed by atoms with van der Waals surface area (Å²) in [6.45, 7) is 5.83. The van der Waals surface area contributed by atoms with Crippen LogP contribution in [0.3, 0.4) is 0 Å². The first-order chi connectivity index (χ1) is 8.99. The lowest BCUT2D eigenvalue weighted by atomic mass is 10.2. The van der Waals surface area contributed by atoms with Gasteiger partial charge < -0.3 is 20.5 Å². The van der Waals surface area contributed by atoms with Crippen LogP contribution in [0.2, 0.25) is 0 Å². The Labute approximate surface area is 114 Å². The molecule has 1 aromatic carbocycles. The van der Waals surface area contributed by atoms with Crippen LogP contribution in [0.25, 0.3) is 0 Å². The van der Waals surface area contributed by atoms with Gasteiger partial charge in [0.1, 0.15) is 0 Å². The normalized spacial score (nSPS) is 12.1. The fourth-order valence-electron chi connectivity index (χ4n) is 1.65. The zero-order valence-corrected chi connectivity index (χ0v) is 11.9. The summed E-state index contributed by atoms with van der Waals surface area (Å²) < 4.78 is 10.9. The number of nitrogens with one attached hydrogen (secondary N) is 1. The fourth-order valence-corrected chi connectivity index (χ4v) is 1.65. The van der Waals surface area contributed by atoms with Crippen LogP contribution >= 0.6 is 0 Å². The predicted molar refractivity (Wildman–Crippen MR) is 74.3 cm³/mol. The number of rotatable bonds is 6. The highest BCUT2D eigenvalue weighted by Crippen LogP contribution is 2.31. The SMILES string of the molecule is COc1cccc(CN)c1OC(C)C(=O)NC(C)C. The van der Waals surface area contributed by atoms with Crippen molar-refractivity contribution >= 4 is 5.91 Å². The van der Waals surface area contributed by atoms with Gasteiger partial charge >= 0.3 is 0 Å². The van der Waals surface area contributed by atoms with E-state index in [-0.39, 0.29) is 11.9 Å². The van der Waals surface area contributed by atoms with E-state index in [9.17, 15) is 4.79 Å². The van der Waals surface area contributed by atoms with Gasteiger partial charge in [-0.05, 0) is 26.8 Å². The minimum atomic E-state index is -0.607. The number of methoxy groups -OCH3 is 1. The molecule has 0 aliphatic heterocycles. The van der Waals surface area contributed by atoms with Gasteiger partial charge in [-0.2, -0.15) is 0 Å². The topological polar surface area (TPSA) is 73.6 Å². The number of carbonyl (C=O) groups is 1. The molecule has 0 saturated carbocycles. The van der Waals surface area contributed by atoms with Crippen LogP contribution in [-0.2, 0) is 11.3 Å². The van der Waals surface area contributed by atoms with Gasteiger partial charge in [-0.1, -0.05) is 12.1 Å². The van der Waals surface area contributed by atoms with E-state index in [1.807, 2.05) is 26.0 Å². The Bertz CT molecular complexity index is 410. The fraction of sp³-hybridized carbons (Fsp3) is 0.500. The summed E-state index contributed by atoms with van der Waals surface area (Å²) in [5.41, 5.74) is 6.48. The summed E-state index contributed by atoms with van der Waals surface area (Å²) in [6, 6.07) is 5.55. The molecule has 106 valence electrons. The van der Waals surface area contributed by atoms with Crippen molar-refractivity contribution in [1.29, 1.82) is 0 Å². The first-order valence-corrected chi connectivity index (χ1v) is 6.32. The molecule has 1 rings (SSSR count). The average molecular weight is 266 g/mol. The smallest absolute Gasteiger partial charge is 0.260 e. The Morgan fingerprint density at radius 2 is 2.05 bits per heavy atom. The van der Waals surface area contributed by atoms with E-state index in [2.05, 4.69) is 5.32 Å². The summed E-state index contributed by atoms with van der Waals surface area (Å²) in [7, 11) is 1.56. The number of carbonyl (C=O) groups excluding carboxylic acids is 1. The molecular formula is C14H22N2O3. The Hall–Kier alpha value is -1.75. The molecule has 0 aromatic heterocycles. The van der Waals surface area contributed by atoms with E-state index in [1.165, 1.54) is 0 Å². The third-order valence-corrected chi connectivity index (χ3v) is 2.60. The highest BCUT2D eigenvalue weighted by Gasteiger charge is 2.19. The van der Waals surface area contributed by atoms with Gasteiger partial charge in [0.2, 0.25) is 0 Å². The van der Waals surface area contributed by atoms with Crippen molar-refractivity contribution in [2.45, 2.75) is 39.5 Å². The van der Waals surface area contributed by atoms with E-state index >= 15 is 0 Å². The maximum Gasteiger partial charge on any atom is 0.260 e. The van der Waals surface area contributed by atoms with Gasteiger partial charge in [-0.25, -0.2) is 0 Å². The zero-order chi connectivity index (χ0) is 14.4. The van der Waals surface area contributed by atoms with E-state index in [4.69, 9.17) is 15.2 Å². The number of hydrogen-bond acceptors (Lipinski definition) is 4. The molecule has 0 spiro atoms. The van der Waals surface area contributed by atoms with Gasteiger partial charge in [0.15, 0.2) is 17.6 Å². The van der Waals surface area contributed by atoms with Crippen molar-refractivity contribution in [2.24, 2.45) is 5.73 Å². The number of amides is 1. The highest BCUT2D eigenvalue weighted by atomic mass is 16.5. The third-order valence-electron chi connectivity index (χ3n) is 2.60. The zero-order valence-electron chi connectivity index (χ0n) is 11.9. The van der Waals surface area contributed by atoms with Crippen LogP contribution in [0.15, 0.2) is 18.2 Å². The van der Waals surface area contributed by atoms with Crippen LogP contribution in [0.4, 0.5) is 0 Å². The van der Waals surface area contributed by atoms with Gasteiger partial charge in [0.05, 0.1) is 7.11 Å².